The van der Waals surface area contributed by atoms with E-state index < -0.39 is 0 Å². The summed E-state index contributed by atoms with van der Waals surface area (Å²) in [6.07, 6.45) is 0. The maximum atomic E-state index is 6.08. The number of rotatable bonds is 5. The first-order chi connectivity index (χ1) is 9.65. The van der Waals surface area contributed by atoms with Crippen LogP contribution in [0.15, 0.2) is 42.5 Å². The van der Waals surface area contributed by atoms with Crippen molar-refractivity contribution in [1.82, 2.24) is 0 Å². The van der Waals surface area contributed by atoms with Crippen LogP contribution in [0.25, 0.3) is 0 Å². The molecule has 4 heteroatoms. The van der Waals surface area contributed by atoms with E-state index in [9.17, 15) is 0 Å². The zero-order valence-corrected chi connectivity index (χ0v) is 13.7. The van der Waals surface area contributed by atoms with Crippen LogP contribution in [0.4, 0.5) is 0 Å². The Hall–Kier alpha value is -1.19. The van der Waals surface area contributed by atoms with Gasteiger partial charge in [-0.2, -0.15) is 0 Å². The highest BCUT2D eigenvalue weighted by molar-refractivity contribution is 9.09. The maximum Gasteiger partial charge on any atom is 0.123 e. The minimum atomic E-state index is 0.0202. The molecule has 0 aromatic heterocycles. The van der Waals surface area contributed by atoms with Crippen LogP contribution in [0.1, 0.15) is 22.9 Å². The van der Waals surface area contributed by atoms with Gasteiger partial charge in [0.2, 0.25) is 0 Å². The van der Waals surface area contributed by atoms with Crippen molar-refractivity contribution in [2.75, 3.05) is 13.7 Å². The van der Waals surface area contributed by atoms with Gasteiger partial charge in [0.05, 0.1) is 18.5 Å². The Morgan fingerprint density at radius 3 is 2.45 bits per heavy atom. The molecule has 2 aromatic carbocycles. The van der Waals surface area contributed by atoms with Gasteiger partial charge in [0, 0.05) is 10.6 Å². The van der Waals surface area contributed by atoms with Crippen molar-refractivity contribution in [2.45, 2.75) is 11.8 Å². The zero-order valence-electron chi connectivity index (χ0n) is 11.4. The monoisotopic (exact) mass is 354 g/mol. The molecule has 0 N–H and O–H groups in total. The fourth-order valence-electron chi connectivity index (χ4n) is 1.98. The van der Waals surface area contributed by atoms with Gasteiger partial charge in [-0.3, -0.25) is 0 Å². The Bertz CT molecular complexity index is 569. The van der Waals surface area contributed by atoms with Crippen LogP contribution < -0.4 is 9.47 Å². The second-order valence-corrected chi connectivity index (χ2v) is 5.60. The third-order valence-electron chi connectivity index (χ3n) is 2.95. The molecule has 0 bridgehead atoms. The summed E-state index contributed by atoms with van der Waals surface area (Å²) in [5.41, 5.74) is 2.12. The number of halogens is 2. The summed E-state index contributed by atoms with van der Waals surface area (Å²) >= 11 is 9.78. The maximum absolute atomic E-state index is 6.08. The first-order valence-electron chi connectivity index (χ1n) is 6.36. The predicted octanol–water partition coefficient (Wildman–Crippen LogP) is 5.23. The third kappa shape index (κ3) is 3.47. The topological polar surface area (TPSA) is 18.5 Å². The highest BCUT2D eigenvalue weighted by atomic mass is 79.9. The van der Waals surface area contributed by atoms with E-state index >= 15 is 0 Å². The molecule has 20 heavy (non-hydrogen) atoms. The summed E-state index contributed by atoms with van der Waals surface area (Å²) < 4.78 is 10.8. The number of alkyl halides is 1. The van der Waals surface area contributed by atoms with Crippen LogP contribution in [0.2, 0.25) is 5.02 Å². The summed E-state index contributed by atoms with van der Waals surface area (Å²) in [4.78, 5) is 0.0202. The molecule has 0 saturated heterocycles. The van der Waals surface area contributed by atoms with Gasteiger partial charge in [-0.15, -0.1) is 0 Å². The average Bonchev–Trinajstić information content (AvgIpc) is 2.47. The van der Waals surface area contributed by atoms with Gasteiger partial charge in [-0.05, 0) is 42.8 Å². The van der Waals surface area contributed by atoms with Crippen LogP contribution in [0.3, 0.4) is 0 Å². The van der Waals surface area contributed by atoms with Gasteiger partial charge in [-0.1, -0.05) is 39.7 Å². The van der Waals surface area contributed by atoms with E-state index in [-0.39, 0.29) is 4.83 Å². The molecule has 0 amide bonds. The lowest BCUT2D eigenvalue weighted by Crippen LogP contribution is -1.98. The van der Waals surface area contributed by atoms with Gasteiger partial charge in [0.25, 0.3) is 0 Å². The first kappa shape index (κ1) is 15.2. The molecule has 1 atom stereocenters. The lowest BCUT2D eigenvalue weighted by atomic mass is 10.0. The Kier molecular flexibility index (Phi) is 5.32. The fourth-order valence-corrected chi connectivity index (χ4v) is 2.83. The number of hydrogen-bond acceptors (Lipinski definition) is 2. The normalized spacial score (nSPS) is 12.0. The molecule has 0 aliphatic heterocycles. The molecule has 0 spiro atoms. The number of methoxy groups -OCH3 is 1. The predicted molar refractivity (Wildman–Crippen MR) is 86.4 cm³/mol. The molecule has 0 fully saturated rings. The largest absolute Gasteiger partial charge is 0.496 e. The lowest BCUT2D eigenvalue weighted by Gasteiger charge is -2.15. The van der Waals surface area contributed by atoms with Crippen molar-refractivity contribution in [2.24, 2.45) is 0 Å². The first-order valence-corrected chi connectivity index (χ1v) is 7.65. The van der Waals surface area contributed by atoms with E-state index in [1.54, 1.807) is 7.11 Å². The van der Waals surface area contributed by atoms with E-state index in [4.69, 9.17) is 21.1 Å². The van der Waals surface area contributed by atoms with Crippen LogP contribution in [-0.2, 0) is 0 Å². The van der Waals surface area contributed by atoms with Crippen molar-refractivity contribution in [3.63, 3.8) is 0 Å². The molecule has 0 aliphatic rings. The van der Waals surface area contributed by atoms with Crippen LogP contribution in [0, 0.1) is 0 Å². The molecule has 0 saturated carbocycles. The summed E-state index contributed by atoms with van der Waals surface area (Å²) in [5.74, 6) is 1.68. The van der Waals surface area contributed by atoms with Gasteiger partial charge in [-0.25, -0.2) is 0 Å². The van der Waals surface area contributed by atoms with E-state index in [0.717, 1.165) is 22.6 Å². The van der Waals surface area contributed by atoms with Crippen molar-refractivity contribution >= 4 is 27.5 Å². The molecule has 0 aliphatic carbocycles. The molecular weight excluding hydrogens is 340 g/mol. The Balaban J connectivity index is 2.30. The van der Waals surface area contributed by atoms with Gasteiger partial charge in [0.15, 0.2) is 0 Å². The smallest absolute Gasteiger partial charge is 0.123 e. The summed E-state index contributed by atoms with van der Waals surface area (Å²) in [6.45, 7) is 2.64. The highest BCUT2D eigenvalue weighted by Crippen LogP contribution is 2.38. The molecule has 2 nitrogen and oxygen atoms in total. The van der Waals surface area contributed by atoms with Crippen LogP contribution >= 0.6 is 27.5 Å². The van der Waals surface area contributed by atoms with Gasteiger partial charge in [0.1, 0.15) is 11.5 Å². The van der Waals surface area contributed by atoms with Crippen LogP contribution in [0.5, 0.6) is 11.5 Å². The highest BCUT2D eigenvalue weighted by Gasteiger charge is 2.15. The number of hydrogen-bond donors (Lipinski definition) is 0. The molecule has 2 rings (SSSR count). The van der Waals surface area contributed by atoms with Gasteiger partial charge >= 0.3 is 0 Å². The quantitative estimate of drug-likeness (QED) is 0.684. The molecular formula is C16H16BrClO2. The Labute approximate surface area is 132 Å². The zero-order chi connectivity index (χ0) is 14.5. The van der Waals surface area contributed by atoms with E-state index in [1.807, 2.05) is 49.4 Å². The molecule has 2 aromatic rings. The Morgan fingerprint density at radius 1 is 1.15 bits per heavy atom. The van der Waals surface area contributed by atoms with Crippen LogP contribution in [-0.4, -0.2) is 13.7 Å². The molecule has 0 radical (unpaired) electrons. The number of benzene rings is 2. The summed E-state index contributed by atoms with van der Waals surface area (Å²) in [6, 6.07) is 13.6. The SMILES string of the molecule is CCOc1ccc(C(Br)c2cc(Cl)ccc2OC)cc1. The minimum Gasteiger partial charge on any atom is -0.496 e. The fraction of sp³-hybridized carbons (Fsp3) is 0.250. The summed E-state index contributed by atoms with van der Waals surface area (Å²) in [7, 11) is 1.66. The molecule has 0 heterocycles. The standard InChI is InChI=1S/C16H16BrClO2/c1-3-20-13-7-4-11(5-8-13)16(17)14-10-12(18)6-9-15(14)19-2/h4-10,16H,3H2,1-2H3. The number of ether oxygens (including phenoxy) is 2. The second-order valence-electron chi connectivity index (χ2n) is 4.25. The lowest BCUT2D eigenvalue weighted by molar-refractivity contribution is 0.340. The minimum absolute atomic E-state index is 0.0202. The van der Waals surface area contributed by atoms with Crippen molar-refractivity contribution in [3.8, 4) is 11.5 Å². The molecule has 106 valence electrons. The van der Waals surface area contributed by atoms with Gasteiger partial charge < -0.3 is 9.47 Å². The van der Waals surface area contributed by atoms with E-state index in [2.05, 4.69) is 15.9 Å². The third-order valence-corrected chi connectivity index (χ3v) is 4.21. The summed E-state index contributed by atoms with van der Waals surface area (Å²) in [5, 5.41) is 0.691. The van der Waals surface area contributed by atoms with Crippen molar-refractivity contribution in [3.05, 3.63) is 58.6 Å². The van der Waals surface area contributed by atoms with E-state index in [1.165, 1.54) is 0 Å². The molecule has 1 unspecified atom stereocenters. The average molecular weight is 356 g/mol. The Morgan fingerprint density at radius 2 is 1.85 bits per heavy atom. The van der Waals surface area contributed by atoms with Crippen molar-refractivity contribution < 1.29 is 9.47 Å². The van der Waals surface area contributed by atoms with E-state index in [0.29, 0.717) is 11.6 Å². The van der Waals surface area contributed by atoms with Crippen molar-refractivity contribution in [1.29, 1.82) is 0 Å². The second kappa shape index (κ2) is 7.00.